The van der Waals surface area contributed by atoms with E-state index in [1.54, 1.807) is 6.07 Å². The number of aromatic nitrogens is 1. The molecule has 0 unspecified atom stereocenters. The van der Waals surface area contributed by atoms with Crippen molar-refractivity contribution in [2.45, 2.75) is 6.54 Å². The van der Waals surface area contributed by atoms with Crippen LogP contribution < -0.4 is 16.6 Å². The fraction of sp³-hybridized carbons (Fsp3) is 0.143. The van der Waals surface area contributed by atoms with E-state index in [0.29, 0.717) is 13.1 Å². The lowest BCUT2D eigenvalue weighted by Crippen LogP contribution is -2.28. The summed E-state index contributed by atoms with van der Waals surface area (Å²) in [6, 6.07) is 4.97. The quantitative estimate of drug-likeness (QED) is 0.725. The maximum absolute atomic E-state index is 11.9. The van der Waals surface area contributed by atoms with Crippen molar-refractivity contribution in [3.05, 3.63) is 56.1 Å². The molecule has 0 spiro atoms. The zero-order chi connectivity index (χ0) is 14.4. The minimum absolute atomic E-state index is 0.0960. The van der Waals surface area contributed by atoms with E-state index in [4.69, 9.17) is 5.73 Å². The number of aromatic amines is 1. The lowest BCUT2D eigenvalue weighted by Gasteiger charge is -2.03. The number of carbonyl (C=O) groups is 1. The van der Waals surface area contributed by atoms with Gasteiger partial charge in [0.15, 0.2) is 0 Å². The Kier molecular flexibility index (Phi) is 4.71. The van der Waals surface area contributed by atoms with Crippen molar-refractivity contribution in [1.82, 2.24) is 10.3 Å². The van der Waals surface area contributed by atoms with Crippen LogP contribution in [0.2, 0.25) is 0 Å². The maximum Gasteiger partial charge on any atom is 0.260 e. The first kappa shape index (κ1) is 14.1. The van der Waals surface area contributed by atoms with Gasteiger partial charge in [-0.25, -0.2) is 0 Å². The summed E-state index contributed by atoms with van der Waals surface area (Å²) in [5, 5.41) is 4.61. The van der Waals surface area contributed by atoms with Crippen LogP contribution in [0.25, 0.3) is 0 Å². The molecular weight excluding hydrogens is 274 g/mol. The molecule has 2 aromatic rings. The van der Waals surface area contributed by atoms with E-state index < -0.39 is 11.5 Å². The molecule has 2 rings (SSSR count). The van der Waals surface area contributed by atoms with Crippen molar-refractivity contribution in [2.75, 3.05) is 6.54 Å². The van der Waals surface area contributed by atoms with Crippen molar-refractivity contribution in [1.29, 1.82) is 0 Å². The summed E-state index contributed by atoms with van der Waals surface area (Å²) in [5.74, 6) is 5.32. The molecule has 0 bridgehead atoms. The first-order valence-corrected chi connectivity index (χ1v) is 6.81. The van der Waals surface area contributed by atoms with E-state index in [0.717, 1.165) is 10.4 Å². The fourth-order valence-electron chi connectivity index (χ4n) is 1.59. The standard InChI is InChI=1S/C14H13N3O2S/c15-6-1-3-10-5-8-20-12(10)9-17-14(19)11-4-2-7-16-13(11)18/h2,4-5,7-8H,6,9,15H2,(H,16,18)(H,17,19). The van der Waals surface area contributed by atoms with Gasteiger partial charge in [0.05, 0.1) is 13.1 Å². The van der Waals surface area contributed by atoms with Gasteiger partial charge >= 0.3 is 0 Å². The van der Waals surface area contributed by atoms with E-state index in [-0.39, 0.29) is 5.56 Å². The van der Waals surface area contributed by atoms with E-state index in [1.807, 2.05) is 11.4 Å². The summed E-state index contributed by atoms with van der Waals surface area (Å²) in [6.07, 6.45) is 1.49. The molecular formula is C14H13N3O2S. The third kappa shape index (κ3) is 3.35. The van der Waals surface area contributed by atoms with Crippen LogP contribution in [0, 0.1) is 11.8 Å². The lowest BCUT2D eigenvalue weighted by molar-refractivity contribution is 0.0950. The molecule has 2 aromatic heterocycles. The number of rotatable bonds is 3. The fourth-order valence-corrected chi connectivity index (χ4v) is 2.36. The Bertz CT molecular complexity index is 722. The molecule has 0 aromatic carbocycles. The highest BCUT2D eigenvalue weighted by Gasteiger charge is 2.10. The van der Waals surface area contributed by atoms with Crippen molar-refractivity contribution >= 4 is 17.2 Å². The van der Waals surface area contributed by atoms with E-state index >= 15 is 0 Å². The zero-order valence-corrected chi connectivity index (χ0v) is 11.4. The average Bonchev–Trinajstić information content (AvgIpc) is 2.90. The Balaban J connectivity index is 2.06. The van der Waals surface area contributed by atoms with Crippen LogP contribution in [-0.4, -0.2) is 17.4 Å². The van der Waals surface area contributed by atoms with Crippen molar-refractivity contribution < 1.29 is 4.79 Å². The first-order valence-electron chi connectivity index (χ1n) is 5.93. The predicted molar refractivity (Wildman–Crippen MR) is 78.5 cm³/mol. The first-order chi connectivity index (χ1) is 9.72. The number of nitrogens with two attached hydrogens (primary N) is 1. The van der Waals surface area contributed by atoms with Gasteiger partial charge in [0.25, 0.3) is 11.5 Å². The molecule has 6 heteroatoms. The second-order valence-electron chi connectivity index (χ2n) is 3.86. The van der Waals surface area contributed by atoms with Gasteiger partial charge in [0.2, 0.25) is 0 Å². The third-order valence-corrected chi connectivity index (χ3v) is 3.46. The molecule has 20 heavy (non-hydrogen) atoms. The minimum atomic E-state index is -0.405. The molecule has 0 fully saturated rings. The van der Waals surface area contributed by atoms with Crippen LogP contribution in [0.4, 0.5) is 0 Å². The average molecular weight is 287 g/mol. The number of thiophene rings is 1. The van der Waals surface area contributed by atoms with Crippen LogP contribution in [0.15, 0.2) is 34.6 Å². The van der Waals surface area contributed by atoms with Crippen molar-refractivity contribution in [2.24, 2.45) is 5.73 Å². The third-order valence-electron chi connectivity index (χ3n) is 2.54. The summed E-state index contributed by atoms with van der Waals surface area (Å²) in [4.78, 5) is 26.8. The van der Waals surface area contributed by atoms with Crippen LogP contribution in [-0.2, 0) is 6.54 Å². The Morgan fingerprint density at radius 1 is 1.45 bits per heavy atom. The largest absolute Gasteiger partial charge is 0.347 e. The topological polar surface area (TPSA) is 88.0 Å². The van der Waals surface area contributed by atoms with Gasteiger partial charge in [-0.3, -0.25) is 9.59 Å². The van der Waals surface area contributed by atoms with Crippen LogP contribution in [0.1, 0.15) is 20.8 Å². The molecule has 0 aliphatic rings. The molecule has 2 heterocycles. The molecule has 0 saturated carbocycles. The van der Waals surface area contributed by atoms with Gasteiger partial charge in [-0.15, -0.1) is 11.3 Å². The molecule has 0 saturated heterocycles. The molecule has 102 valence electrons. The maximum atomic E-state index is 11.9. The summed E-state index contributed by atoms with van der Waals surface area (Å²) in [6.45, 7) is 0.625. The molecule has 4 N–H and O–H groups in total. The SMILES string of the molecule is NCC#Cc1ccsc1CNC(=O)c1ccc[nH]c1=O. The highest BCUT2D eigenvalue weighted by molar-refractivity contribution is 7.10. The summed E-state index contributed by atoms with van der Waals surface area (Å²) < 4.78 is 0. The van der Waals surface area contributed by atoms with Crippen LogP contribution in [0.5, 0.6) is 0 Å². The Morgan fingerprint density at radius 3 is 3.05 bits per heavy atom. The zero-order valence-electron chi connectivity index (χ0n) is 10.6. The van der Waals surface area contributed by atoms with Gasteiger partial charge in [-0.05, 0) is 23.6 Å². The monoisotopic (exact) mass is 287 g/mol. The number of pyridine rings is 1. The number of hydrogen-bond acceptors (Lipinski definition) is 4. The van der Waals surface area contributed by atoms with E-state index in [9.17, 15) is 9.59 Å². The number of amides is 1. The van der Waals surface area contributed by atoms with Gasteiger partial charge in [0.1, 0.15) is 5.56 Å². The summed E-state index contributed by atoms with van der Waals surface area (Å²) in [5.41, 5.74) is 5.87. The van der Waals surface area contributed by atoms with Gasteiger partial charge < -0.3 is 16.0 Å². The van der Waals surface area contributed by atoms with Gasteiger partial charge in [-0.1, -0.05) is 11.8 Å². The number of hydrogen-bond donors (Lipinski definition) is 3. The van der Waals surface area contributed by atoms with E-state index in [1.165, 1.54) is 23.6 Å². The number of H-pyrrole nitrogens is 1. The number of carbonyl (C=O) groups excluding carboxylic acids is 1. The van der Waals surface area contributed by atoms with Crippen molar-refractivity contribution in [3.63, 3.8) is 0 Å². The highest BCUT2D eigenvalue weighted by atomic mass is 32.1. The molecule has 0 radical (unpaired) electrons. The second-order valence-corrected chi connectivity index (χ2v) is 4.86. The summed E-state index contributed by atoms with van der Waals surface area (Å²) in [7, 11) is 0. The second kappa shape index (κ2) is 6.70. The molecule has 0 aliphatic heterocycles. The number of nitrogens with one attached hydrogen (secondary N) is 2. The van der Waals surface area contributed by atoms with Gasteiger partial charge in [-0.2, -0.15) is 0 Å². The van der Waals surface area contributed by atoms with Crippen molar-refractivity contribution in [3.8, 4) is 11.8 Å². The predicted octanol–water partition coefficient (Wildman–Crippen LogP) is 0.677. The van der Waals surface area contributed by atoms with E-state index in [2.05, 4.69) is 22.1 Å². The highest BCUT2D eigenvalue weighted by Crippen LogP contribution is 2.15. The lowest BCUT2D eigenvalue weighted by atomic mass is 10.2. The minimum Gasteiger partial charge on any atom is -0.347 e. The molecule has 0 aliphatic carbocycles. The van der Waals surface area contributed by atoms with Gasteiger partial charge in [0, 0.05) is 16.6 Å². The smallest absolute Gasteiger partial charge is 0.260 e. The van der Waals surface area contributed by atoms with Crippen LogP contribution >= 0.6 is 11.3 Å². The van der Waals surface area contributed by atoms with Crippen LogP contribution in [0.3, 0.4) is 0 Å². The Labute approximate surface area is 119 Å². The Hall–Kier alpha value is -2.36. The normalized spacial score (nSPS) is 9.65. The molecule has 5 nitrogen and oxygen atoms in total. The molecule has 1 amide bonds. The Morgan fingerprint density at radius 2 is 2.30 bits per heavy atom. The molecule has 0 atom stereocenters. The summed E-state index contributed by atoms with van der Waals surface area (Å²) >= 11 is 1.50.